The van der Waals surface area contributed by atoms with Crippen molar-refractivity contribution in [2.45, 2.75) is 11.0 Å². The Morgan fingerprint density at radius 3 is 2.44 bits per heavy atom. The molecule has 0 aliphatic carbocycles. The predicted molar refractivity (Wildman–Crippen MR) is 100 cm³/mol. The summed E-state index contributed by atoms with van der Waals surface area (Å²) < 4.78 is 31.3. The maximum atomic E-state index is 12.5. The van der Waals surface area contributed by atoms with Crippen molar-refractivity contribution in [1.29, 1.82) is 0 Å². The van der Waals surface area contributed by atoms with Crippen LogP contribution in [0.25, 0.3) is 10.8 Å². The molecule has 27 heavy (non-hydrogen) atoms. The van der Waals surface area contributed by atoms with Crippen LogP contribution in [0.1, 0.15) is 10.4 Å². The summed E-state index contributed by atoms with van der Waals surface area (Å²) in [6.07, 6.45) is -1.15. The van der Waals surface area contributed by atoms with Crippen molar-refractivity contribution in [2.75, 3.05) is 13.2 Å². The number of sulfonamides is 1. The standard InChI is InChI=1S/C20H17NO5S/c22-16(13-26-17-10-9-14-5-1-2-6-15(14)11-17)12-21-20(23)18-7-3-4-8-19(18)27(21,24)25/h1-11,16,22H,12-13H2/t16-/m0/s1. The number of carbonyl (C=O) groups is 1. The number of nitrogens with zero attached hydrogens (tertiary/aromatic N) is 1. The molecule has 1 N–H and O–H groups in total. The number of hydrogen-bond acceptors (Lipinski definition) is 5. The number of rotatable bonds is 5. The van der Waals surface area contributed by atoms with Crippen LogP contribution in [-0.2, 0) is 10.0 Å². The molecule has 7 heteroatoms. The Kier molecular flexibility index (Phi) is 4.33. The minimum atomic E-state index is -3.93. The summed E-state index contributed by atoms with van der Waals surface area (Å²) in [4.78, 5) is 12.3. The second-order valence-corrected chi connectivity index (χ2v) is 8.14. The van der Waals surface area contributed by atoms with Crippen LogP contribution in [0.2, 0.25) is 0 Å². The fraction of sp³-hybridized carbons (Fsp3) is 0.150. The van der Waals surface area contributed by atoms with Gasteiger partial charge in [-0.05, 0) is 35.0 Å². The average molecular weight is 383 g/mol. The van der Waals surface area contributed by atoms with Gasteiger partial charge in [-0.2, -0.15) is 0 Å². The van der Waals surface area contributed by atoms with Crippen molar-refractivity contribution in [3.05, 3.63) is 72.3 Å². The quantitative estimate of drug-likeness (QED) is 0.732. The van der Waals surface area contributed by atoms with Crippen molar-refractivity contribution in [1.82, 2.24) is 4.31 Å². The Morgan fingerprint density at radius 1 is 0.963 bits per heavy atom. The first-order valence-corrected chi connectivity index (χ1v) is 9.86. The van der Waals surface area contributed by atoms with Gasteiger partial charge in [-0.3, -0.25) is 4.79 Å². The van der Waals surface area contributed by atoms with Gasteiger partial charge in [0.2, 0.25) is 0 Å². The third kappa shape index (κ3) is 3.15. The van der Waals surface area contributed by atoms with Gasteiger partial charge in [0.15, 0.2) is 0 Å². The third-order valence-electron chi connectivity index (χ3n) is 4.45. The summed E-state index contributed by atoms with van der Waals surface area (Å²) in [5.41, 5.74) is 0.125. The van der Waals surface area contributed by atoms with Gasteiger partial charge < -0.3 is 9.84 Å². The monoisotopic (exact) mass is 383 g/mol. The van der Waals surface area contributed by atoms with Gasteiger partial charge in [-0.1, -0.05) is 42.5 Å². The smallest absolute Gasteiger partial charge is 0.269 e. The Balaban J connectivity index is 1.45. The molecule has 1 aliphatic rings. The summed E-state index contributed by atoms with van der Waals surface area (Å²) in [6, 6.07) is 19.3. The highest BCUT2D eigenvalue weighted by Gasteiger charge is 2.41. The van der Waals surface area contributed by atoms with Gasteiger partial charge in [0, 0.05) is 0 Å². The maximum Gasteiger partial charge on any atom is 0.269 e. The van der Waals surface area contributed by atoms with Gasteiger partial charge in [0.25, 0.3) is 15.9 Å². The molecule has 6 nitrogen and oxygen atoms in total. The molecule has 138 valence electrons. The molecular weight excluding hydrogens is 366 g/mol. The summed E-state index contributed by atoms with van der Waals surface area (Å²) in [6.45, 7) is -0.489. The van der Waals surface area contributed by atoms with Gasteiger partial charge in [-0.15, -0.1) is 0 Å². The van der Waals surface area contributed by atoms with E-state index in [1.165, 1.54) is 12.1 Å². The fourth-order valence-corrected chi connectivity index (χ4v) is 4.71. The first-order valence-electron chi connectivity index (χ1n) is 8.42. The number of carbonyl (C=O) groups excluding carboxylic acids is 1. The molecule has 0 unspecified atom stereocenters. The molecule has 1 atom stereocenters. The van der Waals surface area contributed by atoms with Crippen LogP contribution in [-0.4, -0.2) is 43.0 Å². The number of hydrogen-bond donors (Lipinski definition) is 1. The van der Waals surface area contributed by atoms with Gasteiger partial charge >= 0.3 is 0 Å². The maximum absolute atomic E-state index is 12.5. The van der Waals surface area contributed by atoms with E-state index in [0.717, 1.165) is 10.8 Å². The van der Waals surface area contributed by atoms with Crippen LogP contribution in [0, 0.1) is 0 Å². The molecule has 0 spiro atoms. The van der Waals surface area contributed by atoms with Crippen LogP contribution < -0.4 is 4.74 Å². The number of benzene rings is 3. The van der Waals surface area contributed by atoms with Crippen molar-refractivity contribution < 1.29 is 23.1 Å². The SMILES string of the molecule is O=C1c2ccccc2S(=O)(=O)N1C[C@H](O)COc1ccc2ccccc2c1. The van der Waals surface area contributed by atoms with Crippen molar-refractivity contribution in [2.24, 2.45) is 0 Å². The van der Waals surface area contributed by atoms with Gasteiger partial charge in [0.1, 0.15) is 23.4 Å². The van der Waals surface area contributed by atoms with Crippen LogP contribution >= 0.6 is 0 Å². The van der Waals surface area contributed by atoms with E-state index in [1.54, 1.807) is 18.2 Å². The highest BCUT2D eigenvalue weighted by molar-refractivity contribution is 7.90. The number of ether oxygens (including phenoxy) is 1. The van der Waals surface area contributed by atoms with E-state index >= 15 is 0 Å². The first-order chi connectivity index (χ1) is 13.0. The Bertz CT molecular complexity index is 1130. The molecule has 1 amide bonds. The van der Waals surface area contributed by atoms with Gasteiger partial charge in [-0.25, -0.2) is 12.7 Å². The molecule has 3 aromatic rings. The number of amides is 1. The van der Waals surface area contributed by atoms with Crippen molar-refractivity contribution in [3.63, 3.8) is 0 Å². The highest BCUT2D eigenvalue weighted by atomic mass is 32.2. The minimum absolute atomic E-state index is 0.0300. The van der Waals surface area contributed by atoms with E-state index in [4.69, 9.17) is 4.74 Å². The Labute approximate surface area is 156 Å². The molecule has 0 fully saturated rings. The first kappa shape index (κ1) is 17.5. The summed E-state index contributed by atoms with van der Waals surface area (Å²) in [5, 5.41) is 12.3. The fourth-order valence-electron chi connectivity index (χ4n) is 3.11. The molecule has 1 aliphatic heterocycles. The summed E-state index contributed by atoms with van der Waals surface area (Å²) >= 11 is 0. The normalized spacial score (nSPS) is 16.3. The zero-order chi connectivity index (χ0) is 19.0. The van der Waals surface area contributed by atoms with E-state index in [9.17, 15) is 18.3 Å². The highest BCUT2D eigenvalue weighted by Crippen LogP contribution is 2.30. The lowest BCUT2D eigenvalue weighted by Crippen LogP contribution is -2.39. The molecule has 3 aromatic carbocycles. The number of fused-ring (bicyclic) bond motifs is 2. The van der Waals surface area contributed by atoms with E-state index in [2.05, 4.69) is 0 Å². The molecule has 0 aromatic heterocycles. The molecule has 0 saturated heterocycles. The third-order valence-corrected chi connectivity index (χ3v) is 6.26. The molecule has 4 rings (SSSR count). The van der Waals surface area contributed by atoms with Crippen molar-refractivity contribution >= 4 is 26.7 Å². The van der Waals surface area contributed by atoms with Gasteiger partial charge in [0.05, 0.1) is 12.1 Å². The Morgan fingerprint density at radius 2 is 1.67 bits per heavy atom. The van der Waals surface area contributed by atoms with Crippen LogP contribution in [0.5, 0.6) is 5.75 Å². The lowest BCUT2D eigenvalue weighted by Gasteiger charge is -2.19. The summed E-state index contributed by atoms with van der Waals surface area (Å²) in [7, 11) is -3.93. The van der Waals surface area contributed by atoms with E-state index in [1.807, 2.05) is 36.4 Å². The largest absolute Gasteiger partial charge is 0.491 e. The minimum Gasteiger partial charge on any atom is -0.491 e. The number of β-amino-alcohol motifs (C(OH)–C–C–N with tert-alkyl or cyclic N) is 1. The zero-order valence-corrected chi connectivity index (χ0v) is 15.1. The predicted octanol–water partition coefficient (Wildman–Crippen LogP) is 2.42. The molecular formula is C20H17NO5S. The lowest BCUT2D eigenvalue weighted by molar-refractivity contribution is 0.0687. The van der Waals surface area contributed by atoms with E-state index in [-0.39, 0.29) is 23.6 Å². The average Bonchev–Trinajstić information content (AvgIpc) is 2.87. The van der Waals surface area contributed by atoms with Crippen LogP contribution in [0.3, 0.4) is 0 Å². The summed E-state index contributed by atoms with van der Waals surface area (Å²) in [5.74, 6) is -0.0676. The second-order valence-electron chi connectivity index (χ2n) is 6.31. The molecule has 0 saturated carbocycles. The molecule has 0 bridgehead atoms. The topological polar surface area (TPSA) is 83.9 Å². The zero-order valence-electron chi connectivity index (χ0n) is 14.3. The number of aliphatic hydroxyl groups excluding tert-OH is 1. The van der Waals surface area contributed by atoms with Crippen LogP contribution in [0.4, 0.5) is 0 Å². The van der Waals surface area contributed by atoms with E-state index < -0.39 is 22.0 Å². The number of aliphatic hydroxyl groups is 1. The lowest BCUT2D eigenvalue weighted by atomic mass is 10.1. The Hall–Kier alpha value is -2.90. The van der Waals surface area contributed by atoms with Crippen molar-refractivity contribution in [3.8, 4) is 5.75 Å². The molecule has 1 heterocycles. The van der Waals surface area contributed by atoms with E-state index in [0.29, 0.717) is 10.1 Å². The van der Waals surface area contributed by atoms with Crippen LogP contribution in [0.15, 0.2) is 71.6 Å². The molecule has 0 radical (unpaired) electrons. The second kappa shape index (κ2) is 6.68.